The molecule has 2 rings (SSSR count). The van der Waals surface area contributed by atoms with E-state index in [1.807, 2.05) is 6.07 Å². The van der Waals surface area contributed by atoms with Gasteiger partial charge in [0.2, 0.25) is 0 Å². The molecule has 2 N–H and O–H groups in total. The SMILES string of the molecule is COc1ccc(C)cc1CC(N)CCCc1ccccc1. The average Bonchev–Trinajstić information content (AvgIpc) is 2.48. The molecule has 0 radical (unpaired) electrons. The molecular weight excluding hydrogens is 258 g/mol. The minimum absolute atomic E-state index is 0.185. The minimum Gasteiger partial charge on any atom is -0.496 e. The topological polar surface area (TPSA) is 35.2 Å². The number of nitrogens with two attached hydrogens (primary N) is 1. The first kappa shape index (κ1) is 15.6. The van der Waals surface area contributed by atoms with E-state index in [4.69, 9.17) is 10.5 Å². The van der Waals surface area contributed by atoms with Gasteiger partial charge in [0.05, 0.1) is 7.11 Å². The molecule has 0 aliphatic heterocycles. The highest BCUT2D eigenvalue weighted by Gasteiger charge is 2.09. The van der Waals surface area contributed by atoms with Crippen molar-refractivity contribution >= 4 is 0 Å². The lowest BCUT2D eigenvalue weighted by atomic mass is 9.98. The van der Waals surface area contributed by atoms with Crippen molar-refractivity contribution in [1.82, 2.24) is 0 Å². The molecule has 0 saturated heterocycles. The van der Waals surface area contributed by atoms with Crippen LogP contribution in [0.3, 0.4) is 0 Å². The van der Waals surface area contributed by atoms with Crippen molar-refractivity contribution in [2.45, 2.75) is 38.6 Å². The third-order valence-electron chi connectivity index (χ3n) is 3.80. The molecule has 0 aliphatic rings. The molecule has 21 heavy (non-hydrogen) atoms. The molecular formula is C19H25NO. The molecule has 2 aromatic rings. The van der Waals surface area contributed by atoms with Crippen molar-refractivity contribution in [3.05, 3.63) is 65.2 Å². The van der Waals surface area contributed by atoms with Crippen LogP contribution in [0.15, 0.2) is 48.5 Å². The predicted octanol–water partition coefficient (Wildman–Crippen LogP) is 3.90. The molecule has 112 valence electrons. The van der Waals surface area contributed by atoms with Gasteiger partial charge in [-0.2, -0.15) is 0 Å². The van der Waals surface area contributed by atoms with Crippen molar-refractivity contribution in [3.8, 4) is 5.75 Å². The summed E-state index contributed by atoms with van der Waals surface area (Å²) in [5.41, 5.74) is 10.1. The van der Waals surface area contributed by atoms with Gasteiger partial charge in [-0.25, -0.2) is 0 Å². The maximum atomic E-state index is 6.29. The fourth-order valence-corrected chi connectivity index (χ4v) is 2.66. The van der Waals surface area contributed by atoms with Crippen LogP contribution >= 0.6 is 0 Å². The normalized spacial score (nSPS) is 12.1. The van der Waals surface area contributed by atoms with E-state index in [2.05, 4.69) is 49.4 Å². The number of hydrogen-bond donors (Lipinski definition) is 1. The van der Waals surface area contributed by atoms with E-state index in [-0.39, 0.29) is 6.04 Å². The Balaban J connectivity index is 1.84. The van der Waals surface area contributed by atoms with E-state index >= 15 is 0 Å². The van der Waals surface area contributed by atoms with Gasteiger partial charge in [0.15, 0.2) is 0 Å². The Morgan fingerprint density at radius 3 is 2.57 bits per heavy atom. The molecule has 1 atom stereocenters. The van der Waals surface area contributed by atoms with E-state index in [1.54, 1.807) is 7.11 Å². The third kappa shape index (κ3) is 4.91. The molecule has 1 unspecified atom stereocenters. The standard InChI is InChI=1S/C19H25NO/c1-15-11-12-19(21-2)17(13-15)14-18(20)10-6-9-16-7-4-3-5-8-16/h3-5,7-8,11-13,18H,6,9-10,14,20H2,1-2H3. The largest absolute Gasteiger partial charge is 0.496 e. The fraction of sp³-hybridized carbons (Fsp3) is 0.368. The minimum atomic E-state index is 0.185. The molecule has 0 aromatic heterocycles. The Kier molecular flexibility index (Phi) is 5.82. The van der Waals surface area contributed by atoms with Crippen molar-refractivity contribution in [3.63, 3.8) is 0 Å². The van der Waals surface area contributed by atoms with Gasteiger partial charge >= 0.3 is 0 Å². The molecule has 2 aromatic carbocycles. The second kappa shape index (κ2) is 7.84. The van der Waals surface area contributed by atoms with Crippen LogP contribution in [0, 0.1) is 6.92 Å². The number of hydrogen-bond acceptors (Lipinski definition) is 2. The monoisotopic (exact) mass is 283 g/mol. The summed E-state index contributed by atoms with van der Waals surface area (Å²) in [6.07, 6.45) is 4.13. The highest BCUT2D eigenvalue weighted by atomic mass is 16.5. The Morgan fingerprint density at radius 1 is 1.10 bits per heavy atom. The first-order valence-corrected chi connectivity index (χ1v) is 7.62. The van der Waals surface area contributed by atoms with Gasteiger partial charge < -0.3 is 10.5 Å². The van der Waals surface area contributed by atoms with E-state index in [0.29, 0.717) is 0 Å². The number of benzene rings is 2. The van der Waals surface area contributed by atoms with E-state index < -0.39 is 0 Å². The van der Waals surface area contributed by atoms with Crippen molar-refractivity contribution in [1.29, 1.82) is 0 Å². The number of methoxy groups -OCH3 is 1. The van der Waals surface area contributed by atoms with Crippen molar-refractivity contribution < 1.29 is 4.74 Å². The third-order valence-corrected chi connectivity index (χ3v) is 3.80. The highest BCUT2D eigenvalue weighted by Crippen LogP contribution is 2.21. The van der Waals surface area contributed by atoms with Gasteiger partial charge in [-0.1, -0.05) is 48.0 Å². The van der Waals surface area contributed by atoms with Crippen LogP contribution in [0.25, 0.3) is 0 Å². The maximum Gasteiger partial charge on any atom is 0.122 e. The predicted molar refractivity (Wildman–Crippen MR) is 88.8 cm³/mol. The van der Waals surface area contributed by atoms with Crippen LogP contribution in [0.5, 0.6) is 5.75 Å². The molecule has 2 heteroatoms. The molecule has 0 bridgehead atoms. The summed E-state index contributed by atoms with van der Waals surface area (Å²) >= 11 is 0. The Bertz CT molecular complexity index is 551. The zero-order valence-electron chi connectivity index (χ0n) is 13.0. The second-order valence-corrected chi connectivity index (χ2v) is 5.66. The summed E-state index contributed by atoms with van der Waals surface area (Å²) in [5, 5.41) is 0. The smallest absolute Gasteiger partial charge is 0.122 e. The van der Waals surface area contributed by atoms with Gasteiger partial charge in [0, 0.05) is 6.04 Å². The quantitative estimate of drug-likeness (QED) is 0.836. The second-order valence-electron chi connectivity index (χ2n) is 5.66. The summed E-state index contributed by atoms with van der Waals surface area (Å²) in [4.78, 5) is 0. The molecule has 0 aliphatic carbocycles. The molecule has 2 nitrogen and oxygen atoms in total. The van der Waals surface area contributed by atoms with E-state index in [9.17, 15) is 0 Å². The summed E-state index contributed by atoms with van der Waals surface area (Å²) in [5.74, 6) is 0.944. The first-order chi connectivity index (χ1) is 10.2. The highest BCUT2D eigenvalue weighted by molar-refractivity contribution is 5.37. The zero-order valence-corrected chi connectivity index (χ0v) is 13.0. The van der Waals surface area contributed by atoms with Crippen LogP contribution in [0.1, 0.15) is 29.5 Å². The first-order valence-electron chi connectivity index (χ1n) is 7.62. The van der Waals surface area contributed by atoms with Crippen molar-refractivity contribution in [2.24, 2.45) is 5.73 Å². The Hall–Kier alpha value is -1.80. The van der Waals surface area contributed by atoms with E-state index in [1.165, 1.54) is 16.7 Å². The summed E-state index contributed by atoms with van der Waals surface area (Å²) in [6.45, 7) is 2.10. The van der Waals surface area contributed by atoms with Crippen LogP contribution < -0.4 is 10.5 Å². The summed E-state index contributed by atoms with van der Waals surface area (Å²) in [6, 6.07) is 17.0. The number of ether oxygens (including phenoxy) is 1. The Morgan fingerprint density at radius 2 is 1.86 bits per heavy atom. The zero-order chi connectivity index (χ0) is 15.1. The average molecular weight is 283 g/mol. The van der Waals surface area contributed by atoms with Crippen LogP contribution in [0.4, 0.5) is 0 Å². The fourth-order valence-electron chi connectivity index (χ4n) is 2.66. The molecule has 0 heterocycles. The van der Waals surface area contributed by atoms with Crippen LogP contribution in [-0.2, 0) is 12.8 Å². The van der Waals surface area contributed by atoms with Crippen LogP contribution in [-0.4, -0.2) is 13.2 Å². The molecule has 0 amide bonds. The van der Waals surface area contributed by atoms with Crippen LogP contribution in [0.2, 0.25) is 0 Å². The lowest BCUT2D eigenvalue weighted by Gasteiger charge is -2.15. The molecule has 0 saturated carbocycles. The molecule has 0 spiro atoms. The Labute approximate surface area is 127 Å². The van der Waals surface area contributed by atoms with Gasteiger partial charge in [-0.3, -0.25) is 0 Å². The van der Waals surface area contributed by atoms with Gasteiger partial charge in [-0.05, 0) is 49.8 Å². The maximum absolute atomic E-state index is 6.29. The number of rotatable bonds is 7. The summed E-state index contributed by atoms with van der Waals surface area (Å²) < 4.78 is 5.42. The lowest BCUT2D eigenvalue weighted by molar-refractivity contribution is 0.407. The molecule has 0 fully saturated rings. The number of aryl methyl sites for hydroxylation is 2. The van der Waals surface area contributed by atoms with E-state index in [0.717, 1.165) is 31.4 Å². The lowest BCUT2D eigenvalue weighted by Crippen LogP contribution is -2.23. The summed E-state index contributed by atoms with van der Waals surface area (Å²) in [7, 11) is 1.72. The van der Waals surface area contributed by atoms with Gasteiger partial charge in [0.25, 0.3) is 0 Å². The van der Waals surface area contributed by atoms with Gasteiger partial charge in [-0.15, -0.1) is 0 Å². The van der Waals surface area contributed by atoms with Crippen molar-refractivity contribution in [2.75, 3.05) is 7.11 Å². The van der Waals surface area contributed by atoms with Gasteiger partial charge in [0.1, 0.15) is 5.75 Å².